The minimum atomic E-state index is -0.590. The number of Topliss-reactive ketones (excluding diaryl/α,β-unsaturated/α-hetero) is 1. The number of aryl methyl sites for hydroxylation is 1. The Labute approximate surface area is 153 Å². The fourth-order valence-corrected chi connectivity index (χ4v) is 2.94. The second kappa shape index (κ2) is 6.78. The number of hydrogen-bond donors (Lipinski definition) is 1. The number of carbonyl (C=O) groups is 2. The first kappa shape index (κ1) is 17.3. The Hall–Kier alpha value is -2.50. The highest BCUT2D eigenvalue weighted by atomic mass is 35.5. The summed E-state index contributed by atoms with van der Waals surface area (Å²) < 4.78 is 10.9. The van der Waals surface area contributed by atoms with Gasteiger partial charge in [-0.3, -0.25) is 9.59 Å². The third-order valence-corrected chi connectivity index (χ3v) is 4.14. The molecule has 0 saturated heterocycles. The number of rotatable bonds is 4. The smallest absolute Gasteiger partial charge is 0.255 e. The molecule has 0 spiro atoms. The van der Waals surface area contributed by atoms with Crippen LogP contribution in [0.15, 0.2) is 36.1 Å². The Morgan fingerprint density at radius 2 is 2.04 bits per heavy atom. The predicted molar refractivity (Wildman–Crippen MR) is 95.3 cm³/mol. The average Bonchev–Trinajstić information content (AvgIpc) is 2.84. The average molecular weight is 378 g/mol. The molecule has 2 aromatic carbocycles. The maximum atomic E-state index is 12.6. The molecular formula is C18H13Cl2NO4. The zero-order valence-corrected chi connectivity index (χ0v) is 14.6. The number of ether oxygens (including phenoxy) is 2. The molecule has 0 radical (unpaired) electrons. The van der Waals surface area contributed by atoms with Gasteiger partial charge < -0.3 is 15.2 Å². The van der Waals surface area contributed by atoms with Crippen molar-refractivity contribution in [1.82, 2.24) is 0 Å². The van der Waals surface area contributed by atoms with Crippen molar-refractivity contribution in [3.63, 3.8) is 0 Å². The van der Waals surface area contributed by atoms with Crippen LogP contribution >= 0.6 is 23.2 Å². The number of nitrogens with two attached hydrogens (primary N) is 1. The van der Waals surface area contributed by atoms with Gasteiger partial charge in [0.25, 0.3) is 5.91 Å². The van der Waals surface area contributed by atoms with Gasteiger partial charge in [-0.1, -0.05) is 29.3 Å². The van der Waals surface area contributed by atoms with Crippen LogP contribution in [0.1, 0.15) is 21.5 Å². The first-order chi connectivity index (χ1) is 11.8. The van der Waals surface area contributed by atoms with Crippen LogP contribution in [-0.2, 0) is 4.79 Å². The highest BCUT2D eigenvalue weighted by Gasteiger charge is 2.30. The molecule has 1 heterocycles. The molecule has 1 aliphatic rings. The summed E-state index contributed by atoms with van der Waals surface area (Å²) in [5.74, 6) is 0.0666. The summed E-state index contributed by atoms with van der Waals surface area (Å²) in [6, 6.07) is 8.16. The number of fused-ring (bicyclic) bond motifs is 1. The standard InChI is InChI=1S/C18H13Cl2NO4/c1-9-4-12(24-8-16(21)22)7-14-17(9)18(23)15(25-14)5-10-2-3-11(19)6-13(10)20/h2-7H,8H2,1H3,(H2,21,22)/b15-5-. The highest BCUT2D eigenvalue weighted by Crippen LogP contribution is 2.38. The van der Waals surface area contributed by atoms with E-state index in [-0.39, 0.29) is 18.1 Å². The monoisotopic (exact) mass is 377 g/mol. The highest BCUT2D eigenvalue weighted by molar-refractivity contribution is 6.35. The van der Waals surface area contributed by atoms with Crippen molar-refractivity contribution in [2.75, 3.05) is 6.61 Å². The van der Waals surface area contributed by atoms with Crippen molar-refractivity contribution in [1.29, 1.82) is 0 Å². The molecule has 0 aromatic heterocycles. The van der Waals surface area contributed by atoms with Crippen LogP contribution in [-0.4, -0.2) is 18.3 Å². The number of halogens is 2. The number of ketones is 1. The summed E-state index contributed by atoms with van der Waals surface area (Å²) in [6.45, 7) is 1.50. The van der Waals surface area contributed by atoms with Crippen LogP contribution in [0.4, 0.5) is 0 Å². The van der Waals surface area contributed by atoms with Crippen LogP contribution in [0.5, 0.6) is 11.5 Å². The first-order valence-corrected chi connectivity index (χ1v) is 8.06. The zero-order valence-electron chi connectivity index (χ0n) is 13.1. The predicted octanol–water partition coefficient (Wildman–Crippen LogP) is 3.78. The molecule has 25 heavy (non-hydrogen) atoms. The Kier molecular flexibility index (Phi) is 4.70. The minimum absolute atomic E-state index is 0.148. The lowest BCUT2D eigenvalue weighted by Crippen LogP contribution is -2.20. The van der Waals surface area contributed by atoms with E-state index in [1.54, 1.807) is 43.3 Å². The third-order valence-electron chi connectivity index (χ3n) is 3.57. The second-order valence-electron chi connectivity index (χ2n) is 5.47. The molecule has 3 rings (SSSR count). The van der Waals surface area contributed by atoms with Gasteiger partial charge >= 0.3 is 0 Å². The van der Waals surface area contributed by atoms with Crippen LogP contribution in [0, 0.1) is 6.92 Å². The number of amides is 1. The molecule has 0 atom stereocenters. The lowest BCUT2D eigenvalue weighted by molar-refractivity contribution is -0.119. The number of hydrogen-bond acceptors (Lipinski definition) is 4. The van der Waals surface area contributed by atoms with E-state index in [2.05, 4.69) is 0 Å². The van der Waals surface area contributed by atoms with Gasteiger partial charge in [-0.15, -0.1) is 0 Å². The van der Waals surface area contributed by atoms with Crippen molar-refractivity contribution in [3.05, 3.63) is 62.8 Å². The molecule has 1 amide bonds. The van der Waals surface area contributed by atoms with Crippen molar-refractivity contribution in [2.24, 2.45) is 5.73 Å². The van der Waals surface area contributed by atoms with Crippen LogP contribution in [0.2, 0.25) is 10.0 Å². The summed E-state index contributed by atoms with van der Waals surface area (Å²) in [7, 11) is 0. The fraction of sp³-hybridized carbons (Fsp3) is 0.111. The minimum Gasteiger partial charge on any atom is -0.484 e. The molecule has 0 bridgehead atoms. The lowest BCUT2D eigenvalue weighted by Gasteiger charge is -2.07. The van der Waals surface area contributed by atoms with E-state index in [0.717, 1.165) is 0 Å². The van der Waals surface area contributed by atoms with Gasteiger partial charge in [0.05, 0.1) is 5.56 Å². The topological polar surface area (TPSA) is 78.6 Å². The van der Waals surface area contributed by atoms with Gasteiger partial charge in [-0.25, -0.2) is 0 Å². The van der Waals surface area contributed by atoms with Crippen LogP contribution in [0.3, 0.4) is 0 Å². The van der Waals surface area contributed by atoms with Gasteiger partial charge in [0.15, 0.2) is 12.4 Å². The lowest BCUT2D eigenvalue weighted by atomic mass is 10.0. The van der Waals surface area contributed by atoms with Gasteiger partial charge in [0.1, 0.15) is 11.5 Å². The SMILES string of the molecule is Cc1cc(OCC(N)=O)cc2c1C(=O)/C(=C/c1ccc(Cl)cc1Cl)O2. The second-order valence-corrected chi connectivity index (χ2v) is 6.32. The number of primary amides is 1. The zero-order chi connectivity index (χ0) is 18.1. The normalized spacial score (nSPS) is 14.4. The van der Waals surface area contributed by atoms with E-state index < -0.39 is 5.91 Å². The molecule has 5 nitrogen and oxygen atoms in total. The molecule has 0 unspecified atom stereocenters. The van der Waals surface area contributed by atoms with Gasteiger partial charge in [-0.2, -0.15) is 0 Å². The van der Waals surface area contributed by atoms with Crippen molar-refractivity contribution < 1.29 is 19.1 Å². The molecule has 2 N–H and O–H groups in total. The molecule has 0 aliphatic carbocycles. The van der Waals surface area contributed by atoms with E-state index >= 15 is 0 Å². The van der Waals surface area contributed by atoms with Gasteiger partial charge in [0, 0.05) is 16.1 Å². The van der Waals surface area contributed by atoms with E-state index in [9.17, 15) is 9.59 Å². The third kappa shape index (κ3) is 3.62. The quantitative estimate of drug-likeness (QED) is 0.822. The van der Waals surface area contributed by atoms with Crippen molar-refractivity contribution in [2.45, 2.75) is 6.92 Å². The Bertz CT molecular complexity index is 922. The molecule has 0 saturated carbocycles. The summed E-state index contributed by atoms with van der Waals surface area (Å²) >= 11 is 12.0. The fourth-order valence-electron chi connectivity index (χ4n) is 2.48. The van der Waals surface area contributed by atoms with E-state index in [1.807, 2.05) is 0 Å². The summed E-state index contributed by atoms with van der Waals surface area (Å²) in [4.78, 5) is 23.4. The molecule has 1 aliphatic heterocycles. The maximum Gasteiger partial charge on any atom is 0.255 e. The van der Waals surface area contributed by atoms with Crippen LogP contribution < -0.4 is 15.2 Å². The number of benzene rings is 2. The van der Waals surface area contributed by atoms with Gasteiger partial charge in [-0.05, 0) is 42.3 Å². The molecule has 2 aromatic rings. The van der Waals surface area contributed by atoms with E-state index in [4.69, 9.17) is 38.4 Å². The van der Waals surface area contributed by atoms with E-state index in [1.165, 1.54) is 0 Å². The summed E-state index contributed by atoms with van der Waals surface area (Å²) in [5.41, 5.74) is 6.80. The number of allylic oxidation sites excluding steroid dienone is 1. The number of carbonyl (C=O) groups excluding carboxylic acids is 2. The molecular weight excluding hydrogens is 365 g/mol. The van der Waals surface area contributed by atoms with Gasteiger partial charge in [0.2, 0.25) is 5.78 Å². The largest absolute Gasteiger partial charge is 0.484 e. The van der Waals surface area contributed by atoms with Crippen molar-refractivity contribution in [3.8, 4) is 11.5 Å². The molecule has 7 heteroatoms. The molecule has 0 fully saturated rings. The van der Waals surface area contributed by atoms with E-state index in [0.29, 0.717) is 38.2 Å². The Balaban J connectivity index is 1.93. The Morgan fingerprint density at radius 3 is 2.72 bits per heavy atom. The van der Waals surface area contributed by atoms with Crippen LogP contribution in [0.25, 0.3) is 6.08 Å². The maximum absolute atomic E-state index is 12.6. The summed E-state index contributed by atoms with van der Waals surface area (Å²) in [5, 5.41) is 0.913. The first-order valence-electron chi connectivity index (χ1n) is 7.30. The molecule has 128 valence electrons. The summed E-state index contributed by atoms with van der Waals surface area (Å²) in [6.07, 6.45) is 1.56. The van der Waals surface area contributed by atoms with Crippen molar-refractivity contribution >= 4 is 41.0 Å². The Morgan fingerprint density at radius 1 is 1.28 bits per heavy atom.